The first-order valence-corrected chi connectivity index (χ1v) is 10.1. The van der Waals surface area contributed by atoms with Crippen LogP contribution >= 0.6 is 0 Å². The molecule has 160 valence electrons. The summed E-state index contributed by atoms with van der Waals surface area (Å²) >= 11 is 0. The zero-order valence-electron chi connectivity index (χ0n) is 13.8. The Labute approximate surface area is 154 Å². The first-order chi connectivity index (χ1) is 12.6. The number of hydrogen-bond donors (Lipinski definition) is 0. The first kappa shape index (κ1) is 22.3. The van der Waals surface area contributed by atoms with Gasteiger partial charge in [0.25, 0.3) is 0 Å². The van der Waals surface area contributed by atoms with Gasteiger partial charge in [0.15, 0.2) is 6.10 Å². The van der Waals surface area contributed by atoms with Crippen LogP contribution in [0.5, 0.6) is 0 Å². The molecule has 28 heavy (non-hydrogen) atoms. The molecule has 2 rings (SSSR count). The number of ether oxygens (including phenoxy) is 2. The van der Waals surface area contributed by atoms with Crippen molar-refractivity contribution in [3.05, 3.63) is 18.7 Å². The van der Waals surface area contributed by atoms with E-state index in [2.05, 4.69) is 9.47 Å². The lowest BCUT2D eigenvalue weighted by Crippen LogP contribution is -2.46. The fourth-order valence-corrected chi connectivity index (χ4v) is 4.54. The fraction of sp³-hybridized carbons (Fsp3) is 0.636. The van der Waals surface area contributed by atoms with Gasteiger partial charge in [0.05, 0.1) is 9.93 Å². The number of alkyl halides is 6. The van der Waals surface area contributed by atoms with Crippen molar-refractivity contribution in [2.75, 3.05) is 6.61 Å². The van der Waals surface area contributed by atoms with E-state index in [-0.39, 0.29) is 6.54 Å². The van der Waals surface area contributed by atoms with Crippen molar-refractivity contribution in [3.8, 4) is 0 Å². The van der Waals surface area contributed by atoms with Crippen LogP contribution in [0.25, 0.3) is 0 Å². The highest BCUT2D eigenvalue weighted by Gasteiger charge is 2.70. The molecule has 0 bridgehead atoms. The van der Waals surface area contributed by atoms with E-state index in [1.54, 1.807) is 17.7 Å². The number of halogens is 6. The van der Waals surface area contributed by atoms with Crippen LogP contribution in [0.3, 0.4) is 0 Å². The topological polar surface area (TPSA) is 98.6 Å². The van der Waals surface area contributed by atoms with Crippen LogP contribution in [0.15, 0.2) is 18.7 Å². The van der Waals surface area contributed by atoms with Crippen LogP contribution in [0.4, 0.5) is 26.3 Å². The second-order valence-corrected chi connectivity index (χ2v) is 9.14. The maximum Gasteiger partial charge on any atom is 0.586 e. The summed E-state index contributed by atoms with van der Waals surface area (Å²) in [5.41, 5.74) is -12.7. The lowest BCUT2D eigenvalue weighted by Gasteiger charge is -2.09. The van der Waals surface area contributed by atoms with E-state index >= 15 is 0 Å². The molecule has 1 aromatic rings. The van der Waals surface area contributed by atoms with Gasteiger partial charge in [-0.15, -0.1) is 0 Å². The minimum atomic E-state index is -7.03. The number of sulfonamides is 2. The molecule has 17 heteroatoms. The Morgan fingerprint density at radius 1 is 1.14 bits per heavy atom. The van der Waals surface area contributed by atoms with Gasteiger partial charge in [-0.25, -0.2) is 9.13 Å². The average molecular weight is 461 g/mol. The van der Waals surface area contributed by atoms with E-state index in [0.29, 0.717) is 6.54 Å². The Bertz CT molecular complexity index is 933. The zero-order chi connectivity index (χ0) is 21.5. The summed E-state index contributed by atoms with van der Waals surface area (Å²) in [6.45, 7) is 1.51. The normalized spacial score (nSPS) is 18.7. The predicted octanol–water partition coefficient (Wildman–Crippen LogP) is 0.279. The summed E-state index contributed by atoms with van der Waals surface area (Å²) in [7, 11) is -14.1. The van der Waals surface area contributed by atoms with Gasteiger partial charge in [0, 0.05) is 0 Å². The Kier molecular flexibility index (Phi) is 5.63. The van der Waals surface area contributed by atoms with Crippen molar-refractivity contribution in [1.29, 1.82) is 0 Å². The van der Waals surface area contributed by atoms with E-state index < -0.39 is 53.2 Å². The predicted molar refractivity (Wildman–Crippen MR) is 76.3 cm³/mol. The number of rotatable bonds is 5. The highest BCUT2D eigenvalue weighted by atomic mass is 32.3. The summed E-state index contributed by atoms with van der Waals surface area (Å²) in [6.07, 6.45) is 1.44. The summed E-state index contributed by atoms with van der Waals surface area (Å²) in [5, 5.41) is 0. The molecule has 1 saturated heterocycles. The molecule has 9 nitrogen and oxygen atoms in total. The maximum absolute atomic E-state index is 12.7. The van der Waals surface area contributed by atoms with E-state index in [1.807, 2.05) is 0 Å². The molecule has 1 aromatic heterocycles. The minimum absolute atomic E-state index is 0.164. The van der Waals surface area contributed by atoms with Gasteiger partial charge < -0.3 is 9.47 Å². The molecule has 2 heterocycles. The van der Waals surface area contributed by atoms with Gasteiger partial charge in [0.2, 0.25) is 6.33 Å². The lowest BCUT2D eigenvalue weighted by molar-refractivity contribution is -0.702. The molecule has 1 aliphatic heterocycles. The number of aromatic nitrogens is 2. The van der Waals surface area contributed by atoms with Crippen molar-refractivity contribution >= 4 is 26.1 Å². The van der Waals surface area contributed by atoms with Crippen LogP contribution in [0.1, 0.15) is 6.92 Å². The van der Waals surface area contributed by atoms with Gasteiger partial charge in [-0.2, -0.15) is 43.2 Å². The molecule has 0 aliphatic carbocycles. The van der Waals surface area contributed by atoms with Crippen LogP contribution in [-0.2, 0) is 42.6 Å². The average Bonchev–Trinajstić information content (AvgIpc) is 3.14. The van der Waals surface area contributed by atoms with Crippen molar-refractivity contribution in [3.63, 3.8) is 0 Å². The molecule has 1 unspecified atom stereocenters. The van der Waals surface area contributed by atoms with Gasteiger partial charge >= 0.3 is 37.1 Å². The molecule has 0 spiro atoms. The van der Waals surface area contributed by atoms with Crippen LogP contribution in [0.2, 0.25) is 0 Å². The fourth-order valence-electron chi connectivity index (χ4n) is 2.04. The van der Waals surface area contributed by atoms with Gasteiger partial charge in [0.1, 0.15) is 25.5 Å². The second-order valence-electron chi connectivity index (χ2n) is 5.36. The molecule has 1 aliphatic rings. The van der Waals surface area contributed by atoms with Crippen LogP contribution in [-0.4, -0.2) is 54.6 Å². The first-order valence-electron chi connectivity index (χ1n) is 7.25. The summed E-state index contributed by atoms with van der Waals surface area (Å²) in [6, 6.07) is 0. The minimum Gasteiger partial charge on any atom is -0.409 e. The number of hydrogen-bond acceptors (Lipinski definition) is 6. The van der Waals surface area contributed by atoms with Crippen molar-refractivity contribution < 1.29 is 60.6 Å². The second kappa shape index (κ2) is 7.09. The van der Waals surface area contributed by atoms with E-state index in [4.69, 9.17) is 0 Å². The van der Waals surface area contributed by atoms with E-state index in [1.165, 1.54) is 17.1 Å². The molecular formula is C11H13F6N3O6S2+2. The third-order valence-corrected chi connectivity index (χ3v) is 6.88. The molecule has 0 radical (unpaired) electrons. The molecular weight excluding hydrogens is 448 g/mol. The molecule has 0 amide bonds. The summed E-state index contributed by atoms with van der Waals surface area (Å²) < 4.78 is 133. The highest BCUT2D eigenvalue weighted by molar-refractivity contribution is 7.98. The Morgan fingerprint density at radius 2 is 1.68 bits per heavy atom. The van der Waals surface area contributed by atoms with Crippen molar-refractivity contribution in [2.45, 2.75) is 37.1 Å². The Morgan fingerprint density at radius 3 is 2.11 bits per heavy atom. The smallest absolute Gasteiger partial charge is 0.409 e. The largest absolute Gasteiger partial charge is 0.586 e. The van der Waals surface area contributed by atoms with Crippen LogP contribution < -0.4 is 4.57 Å². The maximum atomic E-state index is 12.7. The lowest BCUT2D eigenvalue weighted by atomic mass is 10.4. The van der Waals surface area contributed by atoms with Crippen molar-refractivity contribution in [1.82, 2.24) is 4.57 Å². The van der Waals surface area contributed by atoms with Crippen molar-refractivity contribution in [2.24, 2.45) is 0 Å². The molecule has 0 N–H and O–H groups in total. The molecule has 1 atom stereocenters. The molecule has 1 fully saturated rings. The monoisotopic (exact) mass is 461 g/mol. The Hall–Kier alpha value is -2.04. The summed E-state index contributed by atoms with van der Waals surface area (Å²) in [5.74, 6) is 0. The Balaban J connectivity index is 2.48. The van der Waals surface area contributed by atoms with Crippen LogP contribution in [0, 0.1) is 0 Å². The van der Waals surface area contributed by atoms with Gasteiger partial charge in [-0.3, -0.25) is 0 Å². The zero-order valence-corrected chi connectivity index (χ0v) is 15.4. The number of aryl methyl sites for hydroxylation is 1. The quantitative estimate of drug-likeness (QED) is 0.462. The van der Waals surface area contributed by atoms with E-state index in [9.17, 15) is 43.2 Å². The number of imidazole rings is 1. The SMILES string of the molecule is CCn1cc[n+](CC2COC(=[N+](S(=O)(=O)C(F)(F)F)S(=O)(=O)C(F)(F)F)O2)c1. The molecule has 0 saturated carbocycles. The van der Waals surface area contributed by atoms with Gasteiger partial charge in [-0.1, -0.05) is 0 Å². The third kappa shape index (κ3) is 4.03. The summed E-state index contributed by atoms with van der Waals surface area (Å²) in [4.78, 5) is 0. The van der Waals surface area contributed by atoms with Gasteiger partial charge in [-0.05, 0) is 6.92 Å². The van der Waals surface area contributed by atoms with E-state index in [0.717, 1.165) is 0 Å². The highest BCUT2D eigenvalue weighted by Crippen LogP contribution is 2.33. The third-order valence-electron chi connectivity index (χ3n) is 3.36. The standard InChI is InChI=1S/C11H13F6N3O6S2/c1-2-18-3-4-19(7-18)5-8-6-25-9(26-8)20(27(21,22)10(12,13)14)28(23,24)11(15,16)17/h3-4,7-8H,2,5-6H2,1H3/q+2. The number of nitrogens with zero attached hydrogens (tertiary/aromatic N) is 3. The molecule has 0 aromatic carbocycles.